The average molecular weight is 307 g/mol. The summed E-state index contributed by atoms with van der Waals surface area (Å²) in [6.07, 6.45) is 2.38. The number of carbonyl (C=O) groups is 1. The Labute approximate surface area is 131 Å². The molecule has 6 heteroatoms. The van der Waals surface area contributed by atoms with Gasteiger partial charge in [-0.05, 0) is 32.9 Å². The van der Waals surface area contributed by atoms with Crippen LogP contribution >= 0.6 is 0 Å². The Kier molecular flexibility index (Phi) is 4.90. The zero-order valence-corrected chi connectivity index (χ0v) is 13.6. The van der Waals surface area contributed by atoms with E-state index in [2.05, 4.69) is 15.2 Å². The number of amides is 1. The molecule has 0 radical (unpaired) electrons. The van der Waals surface area contributed by atoms with Crippen LogP contribution in [0, 0.1) is 5.92 Å². The van der Waals surface area contributed by atoms with Crippen molar-refractivity contribution in [2.75, 3.05) is 18.0 Å². The zero-order valence-electron chi connectivity index (χ0n) is 13.6. The second kappa shape index (κ2) is 6.52. The van der Waals surface area contributed by atoms with Crippen LogP contribution in [0.5, 0.6) is 0 Å². The topological polar surface area (TPSA) is 74.7 Å². The molecule has 0 unspecified atom stereocenters. The van der Waals surface area contributed by atoms with Crippen LogP contribution in [-0.4, -0.2) is 47.0 Å². The number of hydrogen-bond acceptors (Lipinski definition) is 5. The van der Waals surface area contributed by atoms with E-state index < -0.39 is 17.8 Å². The van der Waals surface area contributed by atoms with Crippen LogP contribution in [0.15, 0.2) is 24.5 Å². The van der Waals surface area contributed by atoms with Crippen LogP contribution in [-0.2, 0) is 4.74 Å². The van der Waals surface area contributed by atoms with Crippen molar-refractivity contribution < 1.29 is 14.6 Å². The van der Waals surface area contributed by atoms with Crippen molar-refractivity contribution in [1.29, 1.82) is 0 Å². The zero-order chi connectivity index (χ0) is 16.3. The van der Waals surface area contributed by atoms with Crippen LogP contribution in [0.4, 0.5) is 10.5 Å². The fraction of sp³-hybridized carbons (Fsp3) is 0.625. The van der Waals surface area contributed by atoms with Crippen molar-refractivity contribution in [3.05, 3.63) is 24.5 Å². The quantitative estimate of drug-likeness (QED) is 0.871. The summed E-state index contributed by atoms with van der Waals surface area (Å²) >= 11 is 0. The van der Waals surface area contributed by atoms with Gasteiger partial charge in [0.15, 0.2) is 0 Å². The monoisotopic (exact) mass is 307 g/mol. The van der Waals surface area contributed by atoms with Gasteiger partial charge in [0, 0.05) is 37.1 Å². The first kappa shape index (κ1) is 16.5. The molecule has 0 bridgehead atoms. The highest BCUT2D eigenvalue weighted by molar-refractivity contribution is 5.68. The van der Waals surface area contributed by atoms with Gasteiger partial charge in [0.2, 0.25) is 0 Å². The van der Waals surface area contributed by atoms with E-state index in [4.69, 9.17) is 4.74 Å². The van der Waals surface area contributed by atoms with Gasteiger partial charge in [0.1, 0.15) is 5.60 Å². The lowest BCUT2D eigenvalue weighted by Gasteiger charge is -2.41. The number of aliphatic hydroxyl groups is 1. The summed E-state index contributed by atoms with van der Waals surface area (Å²) in [5.41, 5.74) is 0.477. The molecule has 1 aliphatic rings. The molecule has 122 valence electrons. The summed E-state index contributed by atoms with van der Waals surface area (Å²) < 4.78 is 5.28. The van der Waals surface area contributed by atoms with Crippen LogP contribution < -0.4 is 10.2 Å². The minimum Gasteiger partial charge on any atom is -0.444 e. The molecule has 2 N–H and O–H groups in total. The molecule has 0 aromatic carbocycles. The van der Waals surface area contributed by atoms with Crippen LogP contribution in [0.25, 0.3) is 0 Å². The number of rotatable bonds is 2. The molecule has 1 amide bonds. The molecule has 0 aliphatic carbocycles. The number of aliphatic hydroxyl groups excluding tert-OH is 1. The highest BCUT2D eigenvalue weighted by Crippen LogP contribution is 2.23. The number of piperidine rings is 1. The summed E-state index contributed by atoms with van der Waals surface area (Å²) in [7, 11) is 0. The van der Waals surface area contributed by atoms with Crippen LogP contribution in [0.3, 0.4) is 0 Å². The molecule has 1 aromatic rings. The molecular formula is C16H25N3O3. The van der Waals surface area contributed by atoms with E-state index in [0.29, 0.717) is 6.54 Å². The standard InChI is InChI=1S/C16H25N3O3/c1-11-9-19(12-5-7-17-8-6-12)10-13(14(11)20)18-15(21)22-16(2,3)4/h5-8,11,13-14,20H,9-10H2,1-4H3,(H,18,21)/t11-,13+,14+/m0/s1. The third-order valence-corrected chi connectivity index (χ3v) is 3.65. The van der Waals surface area contributed by atoms with Crippen molar-refractivity contribution in [1.82, 2.24) is 10.3 Å². The molecule has 1 fully saturated rings. The van der Waals surface area contributed by atoms with Gasteiger partial charge in [-0.3, -0.25) is 4.98 Å². The predicted molar refractivity (Wildman–Crippen MR) is 84.8 cm³/mol. The summed E-state index contributed by atoms with van der Waals surface area (Å²) in [5.74, 6) is 0.0434. The molecule has 3 atom stereocenters. The summed E-state index contributed by atoms with van der Waals surface area (Å²) in [4.78, 5) is 18.1. The Morgan fingerprint density at radius 1 is 1.36 bits per heavy atom. The molecule has 1 saturated heterocycles. The number of hydrogen-bond donors (Lipinski definition) is 2. The number of alkyl carbamates (subject to hydrolysis) is 1. The fourth-order valence-electron chi connectivity index (χ4n) is 2.63. The van der Waals surface area contributed by atoms with Crippen LogP contribution in [0.2, 0.25) is 0 Å². The number of aromatic nitrogens is 1. The van der Waals surface area contributed by atoms with Gasteiger partial charge in [-0.25, -0.2) is 4.79 Å². The third kappa shape index (κ3) is 4.34. The van der Waals surface area contributed by atoms with E-state index >= 15 is 0 Å². The van der Waals surface area contributed by atoms with Gasteiger partial charge >= 0.3 is 6.09 Å². The molecule has 2 rings (SSSR count). The first-order valence-electron chi connectivity index (χ1n) is 7.59. The smallest absolute Gasteiger partial charge is 0.408 e. The second-order valence-corrected chi connectivity index (χ2v) is 6.83. The normalized spacial score (nSPS) is 25.7. The molecule has 22 heavy (non-hydrogen) atoms. The number of ether oxygens (including phenoxy) is 1. The maximum Gasteiger partial charge on any atom is 0.408 e. The Bertz CT molecular complexity index is 501. The van der Waals surface area contributed by atoms with Gasteiger partial charge in [0.25, 0.3) is 0 Å². The van der Waals surface area contributed by atoms with E-state index in [1.807, 2.05) is 39.8 Å². The van der Waals surface area contributed by atoms with E-state index in [0.717, 1.165) is 12.2 Å². The largest absolute Gasteiger partial charge is 0.444 e. The molecule has 0 spiro atoms. The Hall–Kier alpha value is -1.82. The van der Waals surface area contributed by atoms with Crippen molar-refractivity contribution in [3.8, 4) is 0 Å². The second-order valence-electron chi connectivity index (χ2n) is 6.83. The minimum absolute atomic E-state index is 0.0434. The van der Waals surface area contributed by atoms with Gasteiger partial charge < -0.3 is 20.1 Å². The lowest BCUT2D eigenvalue weighted by Crippen LogP contribution is -2.59. The van der Waals surface area contributed by atoms with Crippen molar-refractivity contribution in [2.45, 2.75) is 45.4 Å². The molecule has 1 aromatic heterocycles. The van der Waals surface area contributed by atoms with Crippen molar-refractivity contribution >= 4 is 11.8 Å². The summed E-state index contributed by atoms with van der Waals surface area (Å²) in [6, 6.07) is 3.48. The number of carbonyl (C=O) groups excluding carboxylic acids is 1. The Morgan fingerprint density at radius 2 is 2.00 bits per heavy atom. The van der Waals surface area contributed by atoms with E-state index in [1.54, 1.807) is 12.4 Å². The number of anilines is 1. The molecule has 1 aliphatic heterocycles. The maximum absolute atomic E-state index is 11.9. The summed E-state index contributed by atoms with van der Waals surface area (Å²) in [5, 5.41) is 13.1. The predicted octanol–water partition coefficient (Wildman–Crippen LogP) is 1.79. The lowest BCUT2D eigenvalue weighted by molar-refractivity contribution is 0.0303. The first-order chi connectivity index (χ1) is 10.3. The highest BCUT2D eigenvalue weighted by atomic mass is 16.6. The SMILES string of the molecule is C[C@H]1CN(c2ccncc2)C[C@@H](NC(=O)OC(C)(C)C)[C@@H]1O. The molecule has 2 heterocycles. The fourth-order valence-corrected chi connectivity index (χ4v) is 2.63. The Balaban J connectivity index is 2.04. The molecular weight excluding hydrogens is 282 g/mol. The van der Waals surface area contributed by atoms with Crippen molar-refractivity contribution in [2.24, 2.45) is 5.92 Å². The van der Waals surface area contributed by atoms with Gasteiger partial charge in [-0.1, -0.05) is 6.92 Å². The van der Waals surface area contributed by atoms with E-state index in [-0.39, 0.29) is 12.0 Å². The van der Waals surface area contributed by atoms with Gasteiger partial charge in [-0.2, -0.15) is 0 Å². The van der Waals surface area contributed by atoms with Gasteiger partial charge in [-0.15, -0.1) is 0 Å². The molecule has 6 nitrogen and oxygen atoms in total. The molecule has 0 saturated carbocycles. The van der Waals surface area contributed by atoms with Crippen LogP contribution in [0.1, 0.15) is 27.7 Å². The minimum atomic E-state index is -0.592. The third-order valence-electron chi connectivity index (χ3n) is 3.65. The summed E-state index contributed by atoms with van der Waals surface area (Å²) in [6.45, 7) is 8.69. The van der Waals surface area contributed by atoms with Crippen molar-refractivity contribution in [3.63, 3.8) is 0 Å². The average Bonchev–Trinajstić information content (AvgIpc) is 2.42. The van der Waals surface area contributed by atoms with E-state index in [9.17, 15) is 9.90 Å². The Morgan fingerprint density at radius 3 is 2.59 bits per heavy atom. The number of nitrogens with zero attached hydrogens (tertiary/aromatic N) is 2. The maximum atomic E-state index is 11.9. The lowest BCUT2D eigenvalue weighted by atomic mass is 9.92. The van der Waals surface area contributed by atoms with Gasteiger partial charge in [0.05, 0.1) is 12.1 Å². The van der Waals surface area contributed by atoms with E-state index in [1.165, 1.54) is 0 Å². The highest BCUT2D eigenvalue weighted by Gasteiger charge is 2.35. The number of nitrogens with one attached hydrogen (secondary N) is 1. The number of pyridine rings is 1. The first-order valence-corrected chi connectivity index (χ1v) is 7.59.